The zero-order valence-corrected chi connectivity index (χ0v) is 84.1. The van der Waals surface area contributed by atoms with Crippen molar-refractivity contribution in [1.82, 2.24) is 0 Å². The molecule has 1 atom stereocenters. The van der Waals surface area contributed by atoms with Crippen LogP contribution in [0.15, 0.2) is 0 Å². The van der Waals surface area contributed by atoms with E-state index in [0.717, 1.165) is 102 Å². The minimum absolute atomic E-state index is 0.172. The zero-order chi connectivity index (χ0) is 90.5. The highest BCUT2D eigenvalue weighted by atomic mass is 28.5. The topological polar surface area (TPSA) is 325 Å². The summed E-state index contributed by atoms with van der Waals surface area (Å²) >= 11 is 0. The van der Waals surface area contributed by atoms with Gasteiger partial charge in [-0.3, -0.25) is 0 Å². The molecule has 0 aromatic heterocycles. The van der Waals surface area contributed by atoms with E-state index >= 15 is 0 Å². The molecule has 0 saturated carbocycles. The summed E-state index contributed by atoms with van der Waals surface area (Å²) < 4.78 is 189. The fourth-order valence-electron chi connectivity index (χ4n) is 11.2. The molecular formula is C87H184O34Si4. The van der Waals surface area contributed by atoms with Gasteiger partial charge in [-0.25, -0.2) is 0 Å². The van der Waals surface area contributed by atoms with E-state index in [4.69, 9.17) is 160 Å². The second-order valence-corrected chi connectivity index (χ2v) is 48.0. The maximum Gasteiger partial charge on any atom is 0.315 e. The van der Waals surface area contributed by atoms with Crippen LogP contribution in [0.5, 0.6) is 0 Å². The van der Waals surface area contributed by atoms with Crippen molar-refractivity contribution in [1.29, 1.82) is 0 Å². The van der Waals surface area contributed by atoms with Crippen LogP contribution in [0.3, 0.4) is 0 Å². The van der Waals surface area contributed by atoms with Crippen LogP contribution in [-0.4, -0.2) is 442 Å². The standard InChI is InChI=1S/C87H184O34Si4/c1-122(2,3)119-124(7,8)121-125(9,120-123(4,5)6)87-25-56-104-58-60-106-62-64-108-66-68-110-70-72-112-74-76-114-78-80-116-82-84-118-86-85-117-83-81-115-79-77-113-75-73-111-71-69-109-67-65-107-63-61-105-59-57-103-55-24-54-102-53-23-52-101-51-22-50-100-49-21-48-99-47-20-46-98-45-19-44-97-43-18-42-96-41-17-40-95-39-16-38-94-37-15-36-93-35-14-34-92-33-13-32-91-31-12-30-90-29-11-28-89-27-10-26-88/h88H,10-87H2,1-9H3. The lowest BCUT2D eigenvalue weighted by molar-refractivity contribution is -0.0304. The Bertz CT molecular complexity index is 1980. The molecule has 34 nitrogen and oxygen atoms in total. The van der Waals surface area contributed by atoms with Crippen molar-refractivity contribution < 1.29 is 160 Å². The van der Waals surface area contributed by atoms with Gasteiger partial charge in [-0.2, -0.15) is 0 Å². The summed E-state index contributed by atoms with van der Waals surface area (Å²) in [5.74, 6) is 0. The van der Waals surface area contributed by atoms with E-state index in [1.165, 1.54) is 0 Å². The maximum absolute atomic E-state index is 8.72. The molecule has 0 aliphatic rings. The Morgan fingerprint density at radius 1 is 0.128 bits per heavy atom. The van der Waals surface area contributed by atoms with Gasteiger partial charge < -0.3 is 160 Å². The van der Waals surface area contributed by atoms with Crippen molar-refractivity contribution in [2.45, 2.75) is 168 Å². The summed E-state index contributed by atoms with van der Waals surface area (Å²) in [4.78, 5) is 0. The van der Waals surface area contributed by atoms with E-state index in [9.17, 15) is 0 Å². The quantitative estimate of drug-likeness (QED) is 0.0437. The first-order chi connectivity index (χ1) is 61.2. The Balaban J connectivity index is 3.17. The van der Waals surface area contributed by atoms with E-state index in [-0.39, 0.29) is 6.61 Å². The number of ether oxygens (including phenoxy) is 30. The van der Waals surface area contributed by atoms with Gasteiger partial charge in [0.05, 0.1) is 198 Å². The van der Waals surface area contributed by atoms with E-state index < -0.39 is 33.8 Å². The Labute approximate surface area is 760 Å². The second kappa shape index (κ2) is 102. The molecule has 0 radical (unpaired) electrons. The monoisotopic (exact) mass is 1890 g/mol. The van der Waals surface area contributed by atoms with Crippen LogP contribution in [0, 0.1) is 0 Å². The number of aliphatic hydroxyl groups excluding tert-OH is 1. The minimum atomic E-state index is -2.41. The lowest BCUT2D eigenvalue weighted by atomic mass is 10.4. The first kappa shape index (κ1) is 125. The van der Waals surface area contributed by atoms with Crippen LogP contribution in [0.2, 0.25) is 65.0 Å². The third-order valence-electron chi connectivity index (χ3n) is 16.6. The fourth-order valence-corrected chi connectivity index (χ4v) is 29.1. The van der Waals surface area contributed by atoms with Crippen molar-refractivity contribution in [3.8, 4) is 0 Å². The van der Waals surface area contributed by atoms with Gasteiger partial charge in [-0.1, -0.05) is 0 Å². The normalized spacial score (nSPS) is 12.8. The highest BCUT2D eigenvalue weighted by Gasteiger charge is 2.44. The largest absolute Gasteiger partial charge is 0.437 e. The molecule has 125 heavy (non-hydrogen) atoms. The van der Waals surface area contributed by atoms with Gasteiger partial charge in [-0.05, 0) is 168 Å². The van der Waals surface area contributed by atoms with Crippen LogP contribution in [0.1, 0.15) is 103 Å². The van der Waals surface area contributed by atoms with Crippen molar-refractivity contribution >= 4 is 33.8 Å². The third kappa shape index (κ3) is 112. The number of hydrogen-bond donors (Lipinski definition) is 1. The number of hydrogen-bond acceptors (Lipinski definition) is 34. The minimum Gasteiger partial charge on any atom is -0.437 e. The predicted octanol–water partition coefficient (Wildman–Crippen LogP) is 10.2. The predicted molar refractivity (Wildman–Crippen MR) is 489 cm³/mol. The summed E-state index contributed by atoms with van der Waals surface area (Å²) in [6.07, 6.45) is 13.8. The molecule has 0 spiro atoms. The van der Waals surface area contributed by atoms with Crippen molar-refractivity contribution in [3.63, 3.8) is 0 Å². The Morgan fingerprint density at radius 2 is 0.240 bits per heavy atom. The number of aliphatic hydroxyl groups is 1. The molecule has 0 aliphatic carbocycles. The zero-order valence-electron chi connectivity index (χ0n) is 80.1. The molecule has 0 saturated heterocycles. The van der Waals surface area contributed by atoms with Crippen molar-refractivity contribution in [2.24, 2.45) is 0 Å². The van der Waals surface area contributed by atoms with E-state index in [1.54, 1.807) is 0 Å². The smallest absolute Gasteiger partial charge is 0.315 e. The molecular weight excluding hydrogens is 1700 g/mol. The van der Waals surface area contributed by atoms with Crippen LogP contribution >= 0.6 is 0 Å². The first-order valence-corrected chi connectivity index (χ1v) is 59.4. The average molecular weight is 1890 g/mol. The van der Waals surface area contributed by atoms with Crippen LogP contribution < -0.4 is 0 Å². The average Bonchev–Trinajstić information content (AvgIpc) is 0.820. The lowest BCUT2D eigenvalue weighted by Gasteiger charge is -2.41. The molecule has 0 heterocycles. The van der Waals surface area contributed by atoms with Crippen LogP contribution in [0.4, 0.5) is 0 Å². The van der Waals surface area contributed by atoms with Gasteiger partial charge in [-0.15, -0.1) is 0 Å². The molecule has 38 heteroatoms. The third-order valence-corrected chi connectivity index (χ3v) is 30.1. The first-order valence-electron chi connectivity index (χ1n) is 47.2. The van der Waals surface area contributed by atoms with Gasteiger partial charge in [0.15, 0.2) is 16.6 Å². The summed E-state index contributed by atoms with van der Waals surface area (Å²) in [6.45, 7) is 55.3. The SMILES string of the molecule is C[Si](C)(C)O[Si](C)(C)O[Si](C)(CCCOCCOCCOCCOCCOCCOCCOCCOCCOCCOCCOCCOCCOCCOCCOCCOCCCOCCCOCCCOCCCOCCCOCCCOCCCOCCCOCCCOCCCOCCCOCCCOCCCOCCCOCCCO)O[Si](C)(C)C. The highest BCUT2D eigenvalue weighted by Crippen LogP contribution is 2.28. The molecule has 1 unspecified atom stereocenters. The van der Waals surface area contributed by atoms with E-state index in [1.807, 2.05) is 0 Å². The molecule has 0 rings (SSSR count). The molecule has 0 fully saturated rings. The molecule has 0 aliphatic heterocycles. The van der Waals surface area contributed by atoms with Gasteiger partial charge >= 0.3 is 17.1 Å². The van der Waals surface area contributed by atoms with Gasteiger partial charge in [0, 0.05) is 205 Å². The molecule has 752 valence electrons. The summed E-state index contributed by atoms with van der Waals surface area (Å²) in [5.41, 5.74) is 0. The lowest BCUT2D eigenvalue weighted by Crippen LogP contribution is -2.56. The Morgan fingerprint density at radius 3 is 0.368 bits per heavy atom. The van der Waals surface area contributed by atoms with Crippen molar-refractivity contribution in [2.75, 3.05) is 403 Å². The molecule has 0 aromatic carbocycles. The molecule has 1 N–H and O–H groups in total. The van der Waals surface area contributed by atoms with Crippen molar-refractivity contribution in [3.05, 3.63) is 0 Å². The Kier molecular flexibility index (Phi) is 102. The van der Waals surface area contributed by atoms with Gasteiger partial charge in [0.25, 0.3) is 0 Å². The summed E-state index contributed by atoms with van der Waals surface area (Å²) in [6, 6.07) is 0.878. The van der Waals surface area contributed by atoms with Crippen LogP contribution in [-0.2, 0) is 154 Å². The summed E-state index contributed by atoms with van der Waals surface area (Å²) in [7, 11) is -8.22. The van der Waals surface area contributed by atoms with Gasteiger partial charge in [0.1, 0.15) is 0 Å². The number of rotatable bonds is 114. The highest BCUT2D eigenvalue weighted by molar-refractivity contribution is 6.89. The molecule has 0 amide bonds. The molecule has 0 bridgehead atoms. The van der Waals surface area contributed by atoms with E-state index in [0.29, 0.717) is 403 Å². The second-order valence-electron chi connectivity index (χ2n) is 31.6. The fraction of sp³-hybridized carbons (Fsp3) is 1.00. The summed E-state index contributed by atoms with van der Waals surface area (Å²) in [5, 5.41) is 8.72. The van der Waals surface area contributed by atoms with Gasteiger partial charge in [0.2, 0.25) is 0 Å². The maximum atomic E-state index is 8.72. The van der Waals surface area contributed by atoms with E-state index in [2.05, 4.69) is 58.9 Å². The Hall–Kier alpha value is -0.492. The molecule has 0 aromatic rings. The van der Waals surface area contributed by atoms with Crippen LogP contribution in [0.25, 0.3) is 0 Å².